The highest BCUT2D eigenvalue weighted by atomic mass is 35.5. The topological polar surface area (TPSA) is 67.4 Å². The van der Waals surface area contributed by atoms with Gasteiger partial charge in [-0.25, -0.2) is 0 Å². The fourth-order valence-corrected chi connectivity index (χ4v) is 2.44. The predicted molar refractivity (Wildman–Crippen MR) is 95.9 cm³/mol. The number of rotatable bonds is 6. The molecule has 0 aromatic heterocycles. The zero-order valence-electron chi connectivity index (χ0n) is 12.9. The van der Waals surface area contributed by atoms with E-state index in [0.717, 1.165) is 0 Å². The zero-order valence-corrected chi connectivity index (χ0v) is 14.4. The standard InChI is InChI=1S/C17H16Cl2N2O3/c1-2-24-12-8-6-11(7-9-12)20-15(22)10-16(23)21-17-13(18)4-3-5-14(17)19/h3-9H,2,10H2,1H3,(H,20,22)(H,21,23). The number of amides is 2. The molecule has 0 unspecified atom stereocenters. The van der Waals surface area contributed by atoms with Crippen LogP contribution in [0.1, 0.15) is 13.3 Å². The van der Waals surface area contributed by atoms with Crippen molar-refractivity contribution >= 4 is 46.4 Å². The molecule has 0 aliphatic rings. The van der Waals surface area contributed by atoms with Gasteiger partial charge in [0, 0.05) is 5.69 Å². The van der Waals surface area contributed by atoms with Gasteiger partial charge in [0.1, 0.15) is 12.2 Å². The summed E-state index contributed by atoms with van der Waals surface area (Å²) < 4.78 is 5.32. The van der Waals surface area contributed by atoms with Crippen molar-refractivity contribution in [2.24, 2.45) is 0 Å². The first-order valence-corrected chi connectivity index (χ1v) is 8.01. The number of para-hydroxylation sites is 1. The van der Waals surface area contributed by atoms with Crippen LogP contribution in [0.25, 0.3) is 0 Å². The third-order valence-corrected chi connectivity index (χ3v) is 3.63. The van der Waals surface area contributed by atoms with Gasteiger partial charge in [-0.15, -0.1) is 0 Å². The van der Waals surface area contributed by atoms with Crippen molar-refractivity contribution in [3.8, 4) is 5.75 Å². The number of nitrogens with one attached hydrogen (secondary N) is 2. The van der Waals surface area contributed by atoms with E-state index in [1.54, 1.807) is 42.5 Å². The first kappa shape index (κ1) is 18.1. The summed E-state index contributed by atoms with van der Waals surface area (Å²) in [6.45, 7) is 2.45. The Hall–Kier alpha value is -2.24. The summed E-state index contributed by atoms with van der Waals surface area (Å²) in [6, 6.07) is 11.7. The van der Waals surface area contributed by atoms with Crippen molar-refractivity contribution < 1.29 is 14.3 Å². The average molecular weight is 367 g/mol. The van der Waals surface area contributed by atoms with Crippen molar-refractivity contribution in [2.45, 2.75) is 13.3 Å². The number of hydrogen-bond acceptors (Lipinski definition) is 3. The fraction of sp³-hybridized carbons (Fsp3) is 0.176. The summed E-state index contributed by atoms with van der Waals surface area (Å²) in [5.74, 6) is -0.241. The van der Waals surface area contributed by atoms with Gasteiger partial charge < -0.3 is 15.4 Å². The number of hydrogen-bond donors (Lipinski definition) is 2. The lowest BCUT2D eigenvalue weighted by atomic mass is 10.2. The number of benzene rings is 2. The largest absolute Gasteiger partial charge is 0.494 e. The van der Waals surface area contributed by atoms with Crippen LogP contribution in [-0.2, 0) is 9.59 Å². The molecule has 126 valence electrons. The lowest BCUT2D eigenvalue weighted by Crippen LogP contribution is -2.21. The minimum absolute atomic E-state index is 0.291. The van der Waals surface area contributed by atoms with E-state index in [4.69, 9.17) is 27.9 Å². The van der Waals surface area contributed by atoms with E-state index in [2.05, 4.69) is 10.6 Å². The Balaban J connectivity index is 1.91. The summed E-state index contributed by atoms with van der Waals surface area (Å²) in [5, 5.41) is 5.79. The van der Waals surface area contributed by atoms with Crippen LogP contribution >= 0.6 is 23.2 Å². The molecule has 0 aliphatic heterocycles. The molecule has 0 saturated carbocycles. The van der Waals surface area contributed by atoms with Crippen LogP contribution in [-0.4, -0.2) is 18.4 Å². The minimum atomic E-state index is -0.506. The van der Waals surface area contributed by atoms with Gasteiger partial charge in [-0.1, -0.05) is 29.3 Å². The Labute approximate surface area is 149 Å². The number of carbonyl (C=O) groups is 2. The Kier molecular flexibility index (Phi) is 6.46. The van der Waals surface area contributed by atoms with E-state index in [0.29, 0.717) is 33.8 Å². The normalized spacial score (nSPS) is 10.1. The number of anilines is 2. The maximum atomic E-state index is 11.9. The quantitative estimate of drug-likeness (QED) is 0.746. The summed E-state index contributed by atoms with van der Waals surface area (Å²) in [7, 11) is 0. The van der Waals surface area contributed by atoms with Gasteiger partial charge in [0.25, 0.3) is 0 Å². The van der Waals surface area contributed by atoms with Gasteiger partial charge in [0.2, 0.25) is 11.8 Å². The molecule has 2 aromatic carbocycles. The summed E-state index contributed by atoms with van der Waals surface area (Å²) in [4.78, 5) is 23.9. The van der Waals surface area contributed by atoms with E-state index in [9.17, 15) is 9.59 Å². The maximum Gasteiger partial charge on any atom is 0.233 e. The molecule has 0 saturated heterocycles. The van der Waals surface area contributed by atoms with Gasteiger partial charge in [-0.2, -0.15) is 0 Å². The van der Waals surface area contributed by atoms with E-state index in [1.165, 1.54) is 0 Å². The SMILES string of the molecule is CCOc1ccc(NC(=O)CC(=O)Nc2c(Cl)cccc2Cl)cc1. The Morgan fingerprint density at radius 1 is 0.958 bits per heavy atom. The summed E-state index contributed by atoms with van der Waals surface area (Å²) in [5.41, 5.74) is 0.867. The van der Waals surface area contributed by atoms with Crippen molar-refractivity contribution in [1.29, 1.82) is 0 Å². The highest BCUT2D eigenvalue weighted by Crippen LogP contribution is 2.29. The molecular weight excluding hydrogens is 351 g/mol. The number of carbonyl (C=O) groups excluding carboxylic acids is 2. The Morgan fingerprint density at radius 3 is 2.12 bits per heavy atom. The second kappa shape index (κ2) is 8.57. The lowest BCUT2D eigenvalue weighted by Gasteiger charge is -2.10. The van der Waals surface area contributed by atoms with Gasteiger partial charge in [-0.05, 0) is 43.3 Å². The molecule has 0 heterocycles. The third kappa shape index (κ3) is 5.15. The third-order valence-electron chi connectivity index (χ3n) is 3.00. The minimum Gasteiger partial charge on any atom is -0.494 e. The fourth-order valence-electron chi connectivity index (χ4n) is 1.95. The zero-order chi connectivity index (χ0) is 17.5. The van der Waals surface area contributed by atoms with Gasteiger partial charge in [0.05, 0.1) is 22.3 Å². The summed E-state index contributed by atoms with van der Waals surface area (Å²) >= 11 is 11.9. The highest BCUT2D eigenvalue weighted by molar-refractivity contribution is 6.39. The van der Waals surface area contributed by atoms with Crippen LogP contribution in [0.4, 0.5) is 11.4 Å². The van der Waals surface area contributed by atoms with Crippen LogP contribution in [0.15, 0.2) is 42.5 Å². The maximum absolute atomic E-state index is 11.9. The second-order valence-corrected chi connectivity index (χ2v) is 5.64. The van der Waals surface area contributed by atoms with Crippen molar-refractivity contribution in [3.05, 3.63) is 52.5 Å². The molecule has 24 heavy (non-hydrogen) atoms. The Bertz CT molecular complexity index is 713. The molecule has 2 N–H and O–H groups in total. The Morgan fingerprint density at radius 2 is 1.54 bits per heavy atom. The predicted octanol–water partition coefficient (Wildman–Crippen LogP) is 4.36. The molecule has 2 rings (SSSR count). The van der Waals surface area contributed by atoms with Crippen LogP contribution in [0.3, 0.4) is 0 Å². The smallest absolute Gasteiger partial charge is 0.233 e. The van der Waals surface area contributed by atoms with Gasteiger partial charge in [-0.3, -0.25) is 9.59 Å². The molecule has 2 amide bonds. The molecule has 0 aliphatic carbocycles. The van der Waals surface area contributed by atoms with E-state index in [-0.39, 0.29) is 6.42 Å². The molecule has 0 bridgehead atoms. The van der Waals surface area contributed by atoms with Gasteiger partial charge >= 0.3 is 0 Å². The number of ether oxygens (including phenoxy) is 1. The van der Waals surface area contributed by atoms with E-state index < -0.39 is 11.8 Å². The highest BCUT2D eigenvalue weighted by Gasteiger charge is 2.13. The van der Waals surface area contributed by atoms with Gasteiger partial charge in [0.15, 0.2) is 0 Å². The van der Waals surface area contributed by atoms with E-state index >= 15 is 0 Å². The second-order valence-electron chi connectivity index (χ2n) is 4.83. The molecule has 0 spiro atoms. The number of halogens is 2. The molecular formula is C17H16Cl2N2O3. The van der Waals surface area contributed by atoms with Crippen molar-refractivity contribution in [3.63, 3.8) is 0 Å². The van der Waals surface area contributed by atoms with Crippen molar-refractivity contribution in [1.82, 2.24) is 0 Å². The average Bonchev–Trinajstić information content (AvgIpc) is 2.53. The lowest BCUT2D eigenvalue weighted by molar-refractivity contribution is -0.123. The molecule has 7 heteroatoms. The molecule has 0 radical (unpaired) electrons. The molecule has 2 aromatic rings. The van der Waals surface area contributed by atoms with E-state index in [1.807, 2.05) is 6.92 Å². The van der Waals surface area contributed by atoms with Crippen LogP contribution in [0.5, 0.6) is 5.75 Å². The summed E-state index contributed by atoms with van der Waals surface area (Å²) in [6.07, 6.45) is -0.352. The first-order valence-electron chi connectivity index (χ1n) is 7.26. The first-order chi connectivity index (χ1) is 11.5. The van der Waals surface area contributed by atoms with Crippen molar-refractivity contribution in [2.75, 3.05) is 17.2 Å². The van der Waals surface area contributed by atoms with Crippen LogP contribution in [0.2, 0.25) is 10.0 Å². The van der Waals surface area contributed by atoms with Crippen LogP contribution in [0, 0.1) is 0 Å². The molecule has 0 fully saturated rings. The van der Waals surface area contributed by atoms with Crippen LogP contribution < -0.4 is 15.4 Å². The monoisotopic (exact) mass is 366 g/mol. The molecule has 5 nitrogen and oxygen atoms in total. The molecule has 0 atom stereocenters.